The quantitative estimate of drug-likeness (QED) is 0.794. The Morgan fingerprint density at radius 3 is 2.77 bits per heavy atom. The van der Waals surface area contributed by atoms with Crippen molar-refractivity contribution < 1.29 is 4.79 Å². The van der Waals surface area contributed by atoms with E-state index >= 15 is 0 Å². The van der Waals surface area contributed by atoms with Crippen LogP contribution in [0.1, 0.15) is 30.7 Å². The summed E-state index contributed by atoms with van der Waals surface area (Å²) in [5.41, 5.74) is 1.01. The molecule has 2 aliphatic heterocycles. The SMILES string of the molecule is C=CCN1C(=O)C[C@H](c2cnn(C)c2)C12CCN(c1ccccn1)CC2. The van der Waals surface area contributed by atoms with E-state index in [0.717, 1.165) is 31.7 Å². The molecule has 0 aromatic carbocycles. The number of pyridine rings is 1. The first-order valence-corrected chi connectivity index (χ1v) is 9.20. The number of nitrogens with zero attached hydrogens (tertiary/aromatic N) is 5. The zero-order chi connectivity index (χ0) is 18.1. The van der Waals surface area contributed by atoms with E-state index in [1.165, 1.54) is 5.56 Å². The number of hydrogen-bond donors (Lipinski definition) is 0. The average Bonchev–Trinajstić information content (AvgIpc) is 3.20. The lowest BCUT2D eigenvalue weighted by atomic mass is 9.74. The monoisotopic (exact) mass is 351 g/mol. The number of likely N-dealkylation sites (tertiary alicyclic amines) is 1. The Morgan fingerprint density at radius 1 is 1.35 bits per heavy atom. The maximum Gasteiger partial charge on any atom is 0.224 e. The number of rotatable bonds is 4. The molecule has 0 unspecified atom stereocenters. The third-order valence-electron chi connectivity index (χ3n) is 5.91. The molecule has 0 aliphatic carbocycles. The van der Waals surface area contributed by atoms with Gasteiger partial charge in [-0.15, -0.1) is 6.58 Å². The van der Waals surface area contributed by atoms with Gasteiger partial charge in [0.05, 0.1) is 11.7 Å². The summed E-state index contributed by atoms with van der Waals surface area (Å²) >= 11 is 0. The van der Waals surface area contributed by atoms with Crippen LogP contribution in [0.25, 0.3) is 0 Å². The molecule has 2 saturated heterocycles. The van der Waals surface area contributed by atoms with E-state index < -0.39 is 0 Å². The van der Waals surface area contributed by atoms with E-state index in [2.05, 4.69) is 38.7 Å². The van der Waals surface area contributed by atoms with Crippen LogP contribution in [0, 0.1) is 0 Å². The fourth-order valence-electron chi connectivity index (χ4n) is 4.65. The summed E-state index contributed by atoms with van der Waals surface area (Å²) in [5.74, 6) is 1.43. The molecule has 0 bridgehead atoms. The molecule has 0 radical (unpaired) electrons. The molecule has 0 saturated carbocycles. The van der Waals surface area contributed by atoms with Crippen molar-refractivity contribution in [3.8, 4) is 0 Å². The molecule has 2 aliphatic rings. The molecule has 0 N–H and O–H groups in total. The minimum atomic E-state index is -0.153. The van der Waals surface area contributed by atoms with E-state index in [9.17, 15) is 4.79 Å². The second-order valence-electron chi connectivity index (χ2n) is 7.28. The van der Waals surface area contributed by atoms with Gasteiger partial charge in [-0.1, -0.05) is 12.1 Å². The van der Waals surface area contributed by atoms with Gasteiger partial charge in [-0.3, -0.25) is 9.48 Å². The van der Waals surface area contributed by atoms with Crippen molar-refractivity contribution in [1.82, 2.24) is 19.7 Å². The van der Waals surface area contributed by atoms with Gasteiger partial charge in [0.2, 0.25) is 5.91 Å². The summed E-state index contributed by atoms with van der Waals surface area (Å²) in [4.78, 5) is 21.7. The van der Waals surface area contributed by atoms with Crippen molar-refractivity contribution in [1.29, 1.82) is 0 Å². The zero-order valence-electron chi connectivity index (χ0n) is 15.2. The second-order valence-corrected chi connectivity index (χ2v) is 7.28. The average molecular weight is 351 g/mol. The van der Waals surface area contributed by atoms with Gasteiger partial charge in [-0.05, 0) is 30.5 Å². The van der Waals surface area contributed by atoms with E-state index in [1.54, 1.807) is 0 Å². The van der Waals surface area contributed by atoms with Gasteiger partial charge in [-0.2, -0.15) is 5.10 Å². The highest BCUT2D eigenvalue weighted by atomic mass is 16.2. The highest BCUT2D eigenvalue weighted by Crippen LogP contribution is 2.49. The molecule has 2 aromatic heterocycles. The lowest BCUT2D eigenvalue weighted by Crippen LogP contribution is -2.55. The summed E-state index contributed by atoms with van der Waals surface area (Å²) in [6, 6.07) is 6.01. The predicted octanol–water partition coefficient (Wildman–Crippen LogP) is 2.36. The second kappa shape index (κ2) is 6.59. The van der Waals surface area contributed by atoms with Gasteiger partial charge in [0, 0.05) is 51.4 Å². The first-order chi connectivity index (χ1) is 12.6. The third-order valence-corrected chi connectivity index (χ3v) is 5.91. The first kappa shape index (κ1) is 16.8. The van der Waals surface area contributed by atoms with Crippen molar-refractivity contribution in [2.75, 3.05) is 24.5 Å². The normalized spacial score (nSPS) is 22.2. The van der Waals surface area contributed by atoms with Crippen LogP contribution in [0.2, 0.25) is 0 Å². The number of piperidine rings is 1. The Bertz CT molecular complexity index is 792. The highest BCUT2D eigenvalue weighted by Gasteiger charge is 2.54. The molecule has 136 valence electrons. The number of carbonyl (C=O) groups excluding carboxylic acids is 1. The molecular formula is C20H25N5O. The lowest BCUT2D eigenvalue weighted by Gasteiger charge is -2.47. The maximum atomic E-state index is 12.8. The van der Waals surface area contributed by atoms with Crippen molar-refractivity contribution in [3.63, 3.8) is 0 Å². The fourth-order valence-corrected chi connectivity index (χ4v) is 4.65. The van der Waals surface area contributed by atoms with Crippen molar-refractivity contribution in [3.05, 3.63) is 55.0 Å². The lowest BCUT2D eigenvalue weighted by molar-refractivity contribution is -0.131. The van der Waals surface area contributed by atoms with Crippen molar-refractivity contribution >= 4 is 11.7 Å². The van der Waals surface area contributed by atoms with Gasteiger partial charge < -0.3 is 9.80 Å². The highest BCUT2D eigenvalue weighted by molar-refractivity contribution is 5.82. The van der Waals surface area contributed by atoms with Crippen molar-refractivity contribution in [2.45, 2.75) is 30.7 Å². The van der Waals surface area contributed by atoms with Gasteiger partial charge in [-0.25, -0.2) is 4.98 Å². The van der Waals surface area contributed by atoms with E-state index in [0.29, 0.717) is 13.0 Å². The molecule has 4 heterocycles. The number of hydrogen-bond acceptors (Lipinski definition) is 4. The maximum absolute atomic E-state index is 12.8. The summed E-state index contributed by atoms with van der Waals surface area (Å²) < 4.78 is 1.83. The van der Waals surface area contributed by atoms with Crippen LogP contribution < -0.4 is 4.90 Å². The summed E-state index contributed by atoms with van der Waals surface area (Å²) in [6.07, 6.45) is 10.1. The number of carbonyl (C=O) groups is 1. The van der Waals surface area contributed by atoms with Gasteiger partial charge in [0.15, 0.2) is 0 Å². The van der Waals surface area contributed by atoms with Gasteiger partial charge in [0.1, 0.15) is 5.82 Å². The van der Waals surface area contributed by atoms with Crippen LogP contribution in [0.5, 0.6) is 0 Å². The standard InChI is InChI=1S/C20H25N5O/c1-3-10-25-19(26)13-17(16-14-22-23(2)15-16)20(25)7-11-24(12-8-20)18-6-4-5-9-21-18/h3-6,9,14-15,17H,1,7-8,10-13H2,2H3/t17-/m1/s1. The molecule has 4 rings (SSSR count). The molecule has 6 heteroatoms. The van der Waals surface area contributed by atoms with Gasteiger partial charge in [0.25, 0.3) is 0 Å². The number of anilines is 1. The minimum absolute atomic E-state index is 0.153. The Hall–Kier alpha value is -2.63. The molecule has 1 amide bonds. The van der Waals surface area contributed by atoms with E-state index in [4.69, 9.17) is 0 Å². The van der Waals surface area contributed by atoms with Crippen LogP contribution in [0.4, 0.5) is 5.82 Å². The van der Waals surface area contributed by atoms with Gasteiger partial charge >= 0.3 is 0 Å². The number of aromatic nitrogens is 3. The molecule has 1 spiro atoms. The Morgan fingerprint density at radius 2 is 2.15 bits per heavy atom. The summed E-state index contributed by atoms with van der Waals surface area (Å²) in [5, 5.41) is 4.34. The topological polar surface area (TPSA) is 54.3 Å². The summed E-state index contributed by atoms with van der Waals surface area (Å²) in [6.45, 7) is 6.28. The molecule has 2 aromatic rings. The molecular weight excluding hydrogens is 326 g/mol. The van der Waals surface area contributed by atoms with E-state index in [1.807, 2.05) is 42.3 Å². The minimum Gasteiger partial charge on any atom is -0.356 e. The van der Waals surface area contributed by atoms with Crippen LogP contribution in [-0.2, 0) is 11.8 Å². The molecule has 2 fully saturated rings. The summed E-state index contributed by atoms with van der Waals surface area (Å²) in [7, 11) is 1.93. The first-order valence-electron chi connectivity index (χ1n) is 9.20. The molecule has 26 heavy (non-hydrogen) atoms. The van der Waals surface area contributed by atoms with Crippen molar-refractivity contribution in [2.24, 2.45) is 7.05 Å². The number of aryl methyl sites for hydroxylation is 1. The predicted molar refractivity (Wildman–Crippen MR) is 101 cm³/mol. The third kappa shape index (κ3) is 2.69. The fraction of sp³-hybridized carbons (Fsp3) is 0.450. The smallest absolute Gasteiger partial charge is 0.224 e. The Kier molecular flexibility index (Phi) is 4.26. The molecule has 6 nitrogen and oxygen atoms in total. The van der Waals surface area contributed by atoms with Crippen LogP contribution in [-0.4, -0.2) is 50.7 Å². The zero-order valence-corrected chi connectivity index (χ0v) is 15.2. The Labute approximate surface area is 154 Å². The number of amides is 1. The van der Waals surface area contributed by atoms with E-state index in [-0.39, 0.29) is 17.4 Å². The molecule has 1 atom stereocenters. The van der Waals surface area contributed by atoms with Crippen LogP contribution in [0.15, 0.2) is 49.4 Å². The van der Waals surface area contributed by atoms with Crippen LogP contribution >= 0.6 is 0 Å². The van der Waals surface area contributed by atoms with Crippen LogP contribution in [0.3, 0.4) is 0 Å². The Balaban J connectivity index is 1.63. The largest absolute Gasteiger partial charge is 0.356 e.